The maximum Gasteiger partial charge on any atom is 0.337 e. The summed E-state index contributed by atoms with van der Waals surface area (Å²) >= 11 is 11.1. The van der Waals surface area contributed by atoms with Crippen molar-refractivity contribution in [1.82, 2.24) is 16.0 Å². The second-order valence-electron chi connectivity index (χ2n) is 8.90. The third kappa shape index (κ3) is 9.63. The summed E-state index contributed by atoms with van der Waals surface area (Å²) < 4.78 is 6.50. The van der Waals surface area contributed by atoms with Crippen molar-refractivity contribution in [1.29, 1.82) is 0 Å². The number of hydrogen-bond acceptors (Lipinski definition) is 8. The molecule has 0 heterocycles. The predicted octanol–water partition coefficient (Wildman–Crippen LogP) is 4.02. The average Bonchev–Trinajstić information content (AvgIpc) is 2.95. The zero-order valence-electron chi connectivity index (χ0n) is 24.0. The summed E-state index contributed by atoms with van der Waals surface area (Å²) in [5.41, 5.74) is 0.449. The van der Waals surface area contributed by atoms with E-state index in [4.69, 9.17) is 4.74 Å². The number of nitrogens with zero attached hydrogens (tertiary/aromatic N) is 1. The Morgan fingerprint density at radius 3 is 1.70 bits per heavy atom. The SMILES string of the molecule is CNC(=O)c1c(I)c(C(=O)NCC(=O)Nc2c(I)c(C(=O)O)c(I)c(C(=O)NCCOC(C)=O)c2I)c(I)c(N(C)C(C)=O)c1I. The van der Waals surface area contributed by atoms with Gasteiger partial charge >= 0.3 is 11.9 Å². The molecule has 0 aliphatic carbocycles. The van der Waals surface area contributed by atoms with Crippen molar-refractivity contribution < 1.29 is 43.4 Å². The zero-order chi connectivity index (χ0) is 35.2. The number of carbonyl (C=O) groups excluding carboxylic acids is 6. The number of benzene rings is 2. The lowest BCUT2D eigenvalue weighted by Gasteiger charge is -2.24. The number of carbonyl (C=O) groups is 7. The Balaban J connectivity index is 2.46. The fraction of sp³-hybridized carbons (Fsp3) is 0.269. The smallest absolute Gasteiger partial charge is 0.337 e. The Morgan fingerprint density at radius 2 is 1.20 bits per heavy atom. The molecule has 0 saturated heterocycles. The van der Waals surface area contributed by atoms with E-state index in [1.807, 2.05) is 90.4 Å². The van der Waals surface area contributed by atoms with Crippen LogP contribution in [0.1, 0.15) is 55.3 Å². The first-order valence-electron chi connectivity index (χ1n) is 12.5. The molecule has 2 aromatic carbocycles. The molecular formula is C26H23I6N5O9. The van der Waals surface area contributed by atoms with E-state index in [9.17, 15) is 38.7 Å². The van der Waals surface area contributed by atoms with E-state index in [2.05, 4.69) is 21.3 Å². The molecule has 0 bridgehead atoms. The van der Waals surface area contributed by atoms with Crippen LogP contribution < -0.4 is 26.2 Å². The predicted molar refractivity (Wildman–Crippen MR) is 219 cm³/mol. The summed E-state index contributed by atoms with van der Waals surface area (Å²) in [6, 6.07) is 0. The van der Waals surface area contributed by atoms with Gasteiger partial charge in [-0.1, -0.05) is 0 Å². The van der Waals surface area contributed by atoms with Crippen LogP contribution in [-0.2, 0) is 19.1 Å². The lowest BCUT2D eigenvalue weighted by molar-refractivity contribution is -0.140. The maximum absolute atomic E-state index is 13.5. The number of carboxylic acids is 1. The summed E-state index contributed by atoms with van der Waals surface area (Å²) in [5, 5.41) is 20.1. The normalized spacial score (nSPS) is 10.5. The highest BCUT2D eigenvalue weighted by Gasteiger charge is 2.31. The van der Waals surface area contributed by atoms with Crippen molar-refractivity contribution in [2.45, 2.75) is 13.8 Å². The number of esters is 1. The van der Waals surface area contributed by atoms with Crippen molar-refractivity contribution in [2.75, 3.05) is 44.0 Å². The van der Waals surface area contributed by atoms with Crippen LogP contribution in [0.2, 0.25) is 0 Å². The second kappa shape index (κ2) is 18.2. The molecule has 0 fully saturated rings. The molecule has 0 aromatic heterocycles. The summed E-state index contributed by atoms with van der Waals surface area (Å²) in [6.45, 7) is 1.87. The monoisotopic (exact) mass is 1310 g/mol. The largest absolute Gasteiger partial charge is 0.478 e. The van der Waals surface area contributed by atoms with Gasteiger partial charge < -0.3 is 36.0 Å². The summed E-state index contributed by atoms with van der Waals surface area (Å²) in [7, 11) is 2.95. The molecule has 5 N–H and O–H groups in total. The van der Waals surface area contributed by atoms with Crippen LogP contribution in [0.3, 0.4) is 0 Å². The van der Waals surface area contributed by atoms with Gasteiger partial charge in [0.2, 0.25) is 11.8 Å². The molecule has 5 amide bonds. The van der Waals surface area contributed by atoms with E-state index in [1.165, 1.54) is 32.8 Å². The van der Waals surface area contributed by atoms with Gasteiger partial charge in [0.15, 0.2) is 0 Å². The average molecular weight is 1310 g/mol. The number of hydrogen-bond donors (Lipinski definition) is 5. The second-order valence-corrected chi connectivity index (χ2v) is 15.4. The van der Waals surface area contributed by atoms with Crippen LogP contribution >= 0.6 is 136 Å². The number of nitrogens with one attached hydrogen (secondary N) is 4. The van der Waals surface area contributed by atoms with Crippen LogP contribution in [-0.4, -0.2) is 80.4 Å². The van der Waals surface area contributed by atoms with Crippen molar-refractivity contribution in [3.63, 3.8) is 0 Å². The van der Waals surface area contributed by atoms with Crippen LogP contribution in [0, 0.1) is 21.4 Å². The van der Waals surface area contributed by atoms with Crippen molar-refractivity contribution in [3.05, 3.63) is 43.7 Å². The number of anilines is 2. The van der Waals surface area contributed by atoms with Gasteiger partial charge in [0.25, 0.3) is 17.7 Å². The molecular weight excluding hydrogens is 1290 g/mol. The molecule has 0 spiro atoms. The molecule has 0 saturated carbocycles. The minimum atomic E-state index is -1.33. The molecule has 0 atom stereocenters. The van der Waals surface area contributed by atoms with Gasteiger partial charge in [0, 0.05) is 35.1 Å². The van der Waals surface area contributed by atoms with Gasteiger partial charge in [-0.2, -0.15) is 0 Å². The summed E-state index contributed by atoms with van der Waals surface area (Å²) in [6.07, 6.45) is 0. The third-order valence-electron chi connectivity index (χ3n) is 5.91. The van der Waals surface area contributed by atoms with Gasteiger partial charge in [0.1, 0.15) is 6.61 Å². The third-order valence-corrected chi connectivity index (χ3v) is 12.3. The van der Waals surface area contributed by atoms with E-state index in [0.29, 0.717) is 16.4 Å². The van der Waals surface area contributed by atoms with Crippen molar-refractivity contribution >= 4 is 188 Å². The fourth-order valence-electron chi connectivity index (χ4n) is 3.67. The van der Waals surface area contributed by atoms with E-state index in [1.54, 1.807) is 45.2 Å². The van der Waals surface area contributed by atoms with Crippen LogP contribution in [0.5, 0.6) is 0 Å². The van der Waals surface area contributed by atoms with E-state index in [-0.39, 0.29) is 57.7 Å². The van der Waals surface area contributed by atoms with E-state index in [0.717, 1.165) is 0 Å². The molecule has 248 valence electrons. The zero-order valence-corrected chi connectivity index (χ0v) is 37.0. The fourth-order valence-corrected chi connectivity index (χ4v) is 12.9. The number of carboxylic acid groups (broad SMARTS) is 1. The molecule has 2 rings (SSSR count). The Morgan fingerprint density at radius 1 is 0.717 bits per heavy atom. The first-order chi connectivity index (χ1) is 21.4. The van der Waals surface area contributed by atoms with Gasteiger partial charge in [-0.15, -0.1) is 0 Å². The molecule has 14 nitrogen and oxygen atoms in total. The standard InChI is InChI=1S/C26H23I6N5O9/c1-8(38)37(4)22-19(31)12(23(41)33-3)15(27)13(20(22)32)25(43)35-7-10(40)36-21-17(29)11(16(28)14(18(21)30)26(44)45)24(42)34-5-6-46-9(2)39/h5-7H2,1-4H3,(H,33,41)(H,34,42)(H,35,43)(H,36,40)(H,44,45). The first kappa shape index (κ1) is 41.3. The molecule has 0 aliphatic heterocycles. The van der Waals surface area contributed by atoms with E-state index < -0.39 is 42.1 Å². The van der Waals surface area contributed by atoms with Gasteiger partial charge in [0.05, 0.1) is 61.0 Å². The van der Waals surface area contributed by atoms with Crippen molar-refractivity contribution in [2.24, 2.45) is 0 Å². The summed E-state index contributed by atoms with van der Waals surface area (Å²) in [5.74, 6) is -4.74. The molecule has 0 aliphatic rings. The summed E-state index contributed by atoms with van der Waals surface area (Å²) in [4.78, 5) is 89.2. The van der Waals surface area contributed by atoms with Gasteiger partial charge in [-0.3, -0.25) is 28.8 Å². The number of amides is 5. The number of ether oxygens (including phenoxy) is 1. The van der Waals surface area contributed by atoms with Crippen LogP contribution in [0.4, 0.5) is 11.4 Å². The Hall–Kier alpha value is -0.890. The highest BCUT2D eigenvalue weighted by molar-refractivity contribution is 14.1. The van der Waals surface area contributed by atoms with Gasteiger partial charge in [-0.25, -0.2) is 4.79 Å². The highest BCUT2D eigenvalue weighted by Crippen LogP contribution is 2.38. The topological polar surface area (TPSA) is 200 Å². The van der Waals surface area contributed by atoms with Crippen LogP contribution in [0.15, 0.2) is 0 Å². The van der Waals surface area contributed by atoms with E-state index >= 15 is 0 Å². The number of rotatable bonds is 11. The van der Waals surface area contributed by atoms with Gasteiger partial charge in [-0.05, 0) is 136 Å². The molecule has 20 heteroatoms. The maximum atomic E-state index is 13.5. The minimum absolute atomic E-state index is 0.00646. The lowest BCUT2D eigenvalue weighted by atomic mass is 10.1. The molecule has 46 heavy (non-hydrogen) atoms. The lowest BCUT2D eigenvalue weighted by Crippen LogP contribution is -2.36. The Bertz CT molecular complexity index is 1670. The molecule has 0 unspecified atom stereocenters. The number of aromatic carboxylic acids is 1. The highest BCUT2D eigenvalue weighted by atomic mass is 127. The Labute approximate surface area is 344 Å². The quantitative estimate of drug-likeness (QED) is 0.125. The molecule has 2 aromatic rings. The first-order valence-corrected chi connectivity index (χ1v) is 19.0. The van der Waals surface area contributed by atoms with Crippen molar-refractivity contribution in [3.8, 4) is 0 Å². The number of halogens is 6. The minimum Gasteiger partial charge on any atom is -0.478 e. The molecule has 0 radical (unpaired) electrons. The Kier molecular flexibility index (Phi) is 16.3. The van der Waals surface area contributed by atoms with Crippen LogP contribution in [0.25, 0.3) is 0 Å².